The van der Waals surface area contributed by atoms with Gasteiger partial charge in [-0.15, -0.1) is 0 Å². The van der Waals surface area contributed by atoms with Crippen molar-refractivity contribution in [1.82, 2.24) is 10.2 Å². The van der Waals surface area contributed by atoms with Gasteiger partial charge in [-0.1, -0.05) is 23.7 Å². The highest BCUT2D eigenvalue weighted by Crippen LogP contribution is 2.28. The van der Waals surface area contributed by atoms with E-state index in [-0.39, 0.29) is 28.8 Å². The third-order valence-corrected chi connectivity index (χ3v) is 6.94. The average Bonchev–Trinajstić information content (AvgIpc) is 3.06. The summed E-state index contributed by atoms with van der Waals surface area (Å²) in [7, 11) is -3.56. The molecule has 0 bridgehead atoms. The summed E-state index contributed by atoms with van der Waals surface area (Å²) in [6, 6.07) is 5.95. The fraction of sp³-hybridized carbons (Fsp3) is 0.533. The summed E-state index contributed by atoms with van der Waals surface area (Å²) in [5, 5.41) is 2.62. The summed E-state index contributed by atoms with van der Waals surface area (Å²) in [6.07, 6.45) is 0.268. The van der Waals surface area contributed by atoms with Crippen molar-refractivity contribution in [1.29, 1.82) is 0 Å². The zero-order chi connectivity index (χ0) is 16.4. The molecule has 126 valence electrons. The third-order valence-electron chi connectivity index (χ3n) is 4.29. The molecule has 2 fully saturated rings. The van der Waals surface area contributed by atoms with Gasteiger partial charge in [0.25, 0.3) is 0 Å². The zero-order valence-corrected chi connectivity index (χ0v) is 14.1. The van der Waals surface area contributed by atoms with E-state index < -0.39 is 21.1 Å². The number of rotatable bonds is 3. The Bertz CT molecular complexity index is 688. The van der Waals surface area contributed by atoms with Gasteiger partial charge in [0, 0.05) is 19.6 Å². The molecular formula is C15H19ClN2O4S. The van der Waals surface area contributed by atoms with Gasteiger partial charge in [-0.2, -0.15) is 0 Å². The Balaban J connectivity index is 1.72. The number of ether oxygens (including phenoxy) is 1. The molecule has 6 nitrogen and oxygen atoms in total. The SMILES string of the molecule is O=C([C@@H]1C[C@H](S(=O)(=O)c2ccccc2Cl)CN1)N1CCOCC1. The Hall–Kier alpha value is -1.15. The van der Waals surface area contributed by atoms with Crippen LogP contribution in [0.3, 0.4) is 0 Å². The standard InChI is InChI=1S/C15H19ClN2O4S/c16-12-3-1-2-4-14(12)23(20,21)11-9-13(17-10-11)15(19)18-5-7-22-8-6-18/h1-4,11,13,17H,5-10H2/t11-,13-/m0/s1. The van der Waals surface area contributed by atoms with Gasteiger partial charge in [0.05, 0.1) is 34.4 Å². The smallest absolute Gasteiger partial charge is 0.239 e. The van der Waals surface area contributed by atoms with Crippen LogP contribution in [0, 0.1) is 0 Å². The van der Waals surface area contributed by atoms with Crippen molar-refractivity contribution in [2.75, 3.05) is 32.8 Å². The van der Waals surface area contributed by atoms with Crippen molar-refractivity contribution < 1.29 is 17.9 Å². The third kappa shape index (κ3) is 3.38. The van der Waals surface area contributed by atoms with Crippen molar-refractivity contribution in [2.24, 2.45) is 0 Å². The van der Waals surface area contributed by atoms with Gasteiger partial charge in [0.15, 0.2) is 9.84 Å². The second-order valence-electron chi connectivity index (χ2n) is 5.73. The fourth-order valence-corrected chi connectivity index (χ4v) is 5.17. The highest BCUT2D eigenvalue weighted by atomic mass is 35.5. The minimum atomic E-state index is -3.56. The molecule has 1 amide bonds. The van der Waals surface area contributed by atoms with Crippen LogP contribution in [-0.2, 0) is 19.4 Å². The minimum absolute atomic E-state index is 0.0508. The second-order valence-corrected chi connectivity index (χ2v) is 8.34. The van der Waals surface area contributed by atoms with E-state index in [4.69, 9.17) is 16.3 Å². The monoisotopic (exact) mass is 358 g/mol. The molecule has 0 aliphatic carbocycles. The molecule has 2 saturated heterocycles. The van der Waals surface area contributed by atoms with Gasteiger partial charge in [-0.25, -0.2) is 8.42 Å². The van der Waals surface area contributed by atoms with Gasteiger partial charge >= 0.3 is 0 Å². The molecule has 1 aromatic rings. The number of carbonyl (C=O) groups excluding carboxylic acids is 1. The van der Waals surface area contributed by atoms with E-state index in [1.165, 1.54) is 6.07 Å². The van der Waals surface area contributed by atoms with Crippen molar-refractivity contribution in [3.05, 3.63) is 29.3 Å². The summed E-state index contributed by atoms with van der Waals surface area (Å²) in [5.41, 5.74) is 0. The van der Waals surface area contributed by atoms with Crippen molar-refractivity contribution in [2.45, 2.75) is 22.6 Å². The topological polar surface area (TPSA) is 75.7 Å². The Morgan fingerprint density at radius 2 is 1.96 bits per heavy atom. The van der Waals surface area contributed by atoms with Gasteiger partial charge in [-0.05, 0) is 18.6 Å². The van der Waals surface area contributed by atoms with Crippen LogP contribution in [0.2, 0.25) is 5.02 Å². The normalized spacial score (nSPS) is 25.5. The number of nitrogens with zero attached hydrogens (tertiary/aromatic N) is 1. The van der Waals surface area contributed by atoms with Crippen LogP contribution < -0.4 is 5.32 Å². The largest absolute Gasteiger partial charge is 0.378 e. The van der Waals surface area contributed by atoms with E-state index in [0.717, 1.165) is 0 Å². The molecule has 2 heterocycles. The molecule has 0 radical (unpaired) electrons. The van der Waals surface area contributed by atoms with E-state index in [1.54, 1.807) is 23.1 Å². The first-order valence-corrected chi connectivity index (χ1v) is 9.51. The summed E-state index contributed by atoms with van der Waals surface area (Å²) in [6.45, 7) is 2.42. The lowest BCUT2D eigenvalue weighted by Gasteiger charge is -2.29. The molecule has 0 aromatic heterocycles. The van der Waals surface area contributed by atoms with Crippen molar-refractivity contribution in [3.63, 3.8) is 0 Å². The predicted molar refractivity (Wildman–Crippen MR) is 86.2 cm³/mol. The van der Waals surface area contributed by atoms with E-state index >= 15 is 0 Å². The molecule has 23 heavy (non-hydrogen) atoms. The Labute approximate surface area is 140 Å². The zero-order valence-electron chi connectivity index (χ0n) is 12.6. The lowest BCUT2D eigenvalue weighted by molar-refractivity contribution is -0.137. The molecule has 1 N–H and O–H groups in total. The maximum Gasteiger partial charge on any atom is 0.239 e. The van der Waals surface area contributed by atoms with E-state index in [9.17, 15) is 13.2 Å². The van der Waals surface area contributed by atoms with Crippen LogP contribution in [-0.4, -0.2) is 63.4 Å². The molecule has 1 aromatic carbocycles. The fourth-order valence-electron chi connectivity index (χ4n) is 2.99. The molecule has 2 atom stereocenters. The van der Waals surface area contributed by atoms with Crippen LogP contribution in [0.1, 0.15) is 6.42 Å². The lowest BCUT2D eigenvalue weighted by atomic mass is 10.2. The predicted octanol–water partition coefficient (Wildman–Crippen LogP) is 0.703. The molecule has 2 aliphatic heterocycles. The number of carbonyl (C=O) groups is 1. The summed E-state index contributed by atoms with van der Waals surface area (Å²) in [4.78, 5) is 14.3. The number of nitrogens with one attached hydrogen (secondary N) is 1. The van der Waals surface area contributed by atoms with Crippen LogP contribution in [0.4, 0.5) is 0 Å². The first-order valence-electron chi connectivity index (χ1n) is 7.58. The van der Waals surface area contributed by atoms with E-state index in [1.807, 2.05) is 0 Å². The van der Waals surface area contributed by atoms with E-state index in [2.05, 4.69) is 5.32 Å². The Kier molecular flexibility index (Phi) is 4.91. The van der Waals surface area contributed by atoms with Gasteiger partial charge < -0.3 is 15.0 Å². The highest BCUT2D eigenvalue weighted by molar-refractivity contribution is 7.92. The van der Waals surface area contributed by atoms with Gasteiger partial charge in [0.2, 0.25) is 5.91 Å². The first-order chi connectivity index (χ1) is 11.0. The number of morpholine rings is 1. The average molecular weight is 359 g/mol. The second kappa shape index (κ2) is 6.76. The highest BCUT2D eigenvalue weighted by Gasteiger charge is 2.40. The summed E-state index contributed by atoms with van der Waals surface area (Å²) >= 11 is 6.02. The van der Waals surface area contributed by atoms with Crippen LogP contribution in [0.5, 0.6) is 0 Å². The maximum atomic E-state index is 12.7. The van der Waals surface area contributed by atoms with Crippen LogP contribution in [0.25, 0.3) is 0 Å². The first kappa shape index (κ1) is 16.7. The number of hydrogen-bond acceptors (Lipinski definition) is 5. The number of benzene rings is 1. The Morgan fingerprint density at radius 1 is 1.26 bits per heavy atom. The molecule has 2 aliphatic rings. The number of halogens is 1. The van der Waals surface area contributed by atoms with Crippen molar-refractivity contribution >= 4 is 27.3 Å². The van der Waals surface area contributed by atoms with Crippen LogP contribution in [0.15, 0.2) is 29.2 Å². The molecule has 0 saturated carbocycles. The summed E-state index contributed by atoms with van der Waals surface area (Å²) in [5.74, 6) is -0.0508. The Morgan fingerprint density at radius 3 is 2.65 bits per heavy atom. The lowest BCUT2D eigenvalue weighted by Crippen LogP contribution is -2.48. The molecular weight excluding hydrogens is 340 g/mol. The van der Waals surface area contributed by atoms with Gasteiger partial charge in [-0.3, -0.25) is 4.79 Å². The van der Waals surface area contributed by atoms with E-state index in [0.29, 0.717) is 26.3 Å². The minimum Gasteiger partial charge on any atom is -0.378 e. The number of hydrogen-bond donors (Lipinski definition) is 1. The maximum absolute atomic E-state index is 12.7. The molecule has 0 spiro atoms. The van der Waals surface area contributed by atoms with Crippen LogP contribution >= 0.6 is 11.6 Å². The number of amides is 1. The molecule has 8 heteroatoms. The van der Waals surface area contributed by atoms with Gasteiger partial charge in [0.1, 0.15) is 0 Å². The quantitative estimate of drug-likeness (QED) is 0.861. The number of sulfone groups is 1. The molecule has 0 unspecified atom stereocenters. The van der Waals surface area contributed by atoms with Crippen molar-refractivity contribution in [3.8, 4) is 0 Å². The summed E-state index contributed by atoms with van der Waals surface area (Å²) < 4.78 is 30.7. The molecule has 3 rings (SSSR count).